The molecule has 2 heterocycles. The third-order valence-electron chi connectivity index (χ3n) is 4.42. The summed E-state index contributed by atoms with van der Waals surface area (Å²) in [6.45, 7) is 4.38. The Bertz CT molecular complexity index is 633. The van der Waals surface area contributed by atoms with Crippen LogP contribution in [0.4, 0.5) is 0 Å². The molecule has 136 valence electrons. The first-order valence-electron chi connectivity index (χ1n) is 9.05. The van der Waals surface area contributed by atoms with Crippen molar-refractivity contribution in [2.24, 2.45) is 0 Å². The van der Waals surface area contributed by atoms with Gasteiger partial charge in [-0.1, -0.05) is 23.3 Å². The van der Waals surface area contributed by atoms with Crippen molar-refractivity contribution in [3.8, 4) is 0 Å². The number of ether oxygens (including phenoxy) is 1. The summed E-state index contributed by atoms with van der Waals surface area (Å²) in [4.78, 5) is 0. The number of furan rings is 2. The monoisotopic (exact) mass is 342 g/mol. The van der Waals surface area contributed by atoms with Gasteiger partial charge in [-0.25, -0.2) is 0 Å². The molecule has 2 aromatic heterocycles. The van der Waals surface area contributed by atoms with E-state index in [1.165, 1.54) is 22.3 Å². The molecule has 0 aliphatic carbocycles. The van der Waals surface area contributed by atoms with Crippen molar-refractivity contribution in [3.05, 3.63) is 71.6 Å². The predicted octanol–water partition coefficient (Wildman–Crippen LogP) is 6.13. The van der Waals surface area contributed by atoms with E-state index in [0.717, 1.165) is 38.5 Å². The molecular formula is C22H30O3. The van der Waals surface area contributed by atoms with Crippen LogP contribution in [0, 0.1) is 0 Å². The van der Waals surface area contributed by atoms with Crippen molar-refractivity contribution in [1.82, 2.24) is 0 Å². The first kappa shape index (κ1) is 19.3. The molecule has 2 aromatic rings. The van der Waals surface area contributed by atoms with Crippen LogP contribution in [0.3, 0.4) is 0 Å². The number of allylic oxidation sites excluding steroid dienone is 2. The van der Waals surface area contributed by atoms with Gasteiger partial charge in [0.15, 0.2) is 0 Å². The molecule has 0 N–H and O–H groups in total. The number of rotatable bonds is 11. The maximum Gasteiger partial charge on any atom is 0.0934 e. The Balaban J connectivity index is 1.73. The highest BCUT2D eigenvalue weighted by Crippen LogP contribution is 2.16. The van der Waals surface area contributed by atoms with Gasteiger partial charge in [-0.05, 0) is 75.6 Å². The minimum Gasteiger partial charge on any atom is -0.472 e. The van der Waals surface area contributed by atoms with Crippen molar-refractivity contribution in [1.29, 1.82) is 0 Å². The highest BCUT2D eigenvalue weighted by molar-refractivity contribution is 5.11. The summed E-state index contributed by atoms with van der Waals surface area (Å²) >= 11 is 0. The molecule has 0 aromatic carbocycles. The van der Waals surface area contributed by atoms with Gasteiger partial charge in [0.25, 0.3) is 0 Å². The first-order valence-corrected chi connectivity index (χ1v) is 9.05. The van der Waals surface area contributed by atoms with Crippen LogP contribution in [0.25, 0.3) is 0 Å². The van der Waals surface area contributed by atoms with Gasteiger partial charge < -0.3 is 13.6 Å². The molecule has 0 bridgehead atoms. The van der Waals surface area contributed by atoms with Gasteiger partial charge in [0.05, 0.1) is 31.2 Å². The lowest BCUT2D eigenvalue weighted by Crippen LogP contribution is -2.08. The molecule has 0 saturated carbocycles. The highest BCUT2D eigenvalue weighted by atomic mass is 16.5. The predicted molar refractivity (Wildman–Crippen MR) is 102 cm³/mol. The summed E-state index contributed by atoms with van der Waals surface area (Å²) in [5, 5.41) is 0. The number of hydrogen-bond donors (Lipinski definition) is 0. The zero-order valence-corrected chi connectivity index (χ0v) is 15.7. The molecule has 1 unspecified atom stereocenters. The molecule has 0 spiro atoms. The Morgan fingerprint density at radius 3 is 2.32 bits per heavy atom. The lowest BCUT2D eigenvalue weighted by atomic mass is 10.0. The fraction of sp³-hybridized carbons (Fsp3) is 0.455. The summed E-state index contributed by atoms with van der Waals surface area (Å²) in [5.74, 6) is 0. The Hall–Kier alpha value is -2.00. The van der Waals surface area contributed by atoms with E-state index in [2.05, 4.69) is 26.0 Å². The van der Waals surface area contributed by atoms with E-state index in [-0.39, 0.29) is 6.10 Å². The molecule has 3 nitrogen and oxygen atoms in total. The standard InChI is InChI=1S/C22H30O3/c1-18(6-4-8-20-10-12-24-16-20)14-22(23-3)15-19(2)7-5-9-21-11-13-25-17-21/h6,10-13,15-17,22H,4-5,7-9,14H2,1-3H3/b18-6+,19-15+. The van der Waals surface area contributed by atoms with Crippen LogP contribution in [0.15, 0.2) is 69.3 Å². The van der Waals surface area contributed by atoms with Gasteiger partial charge in [-0.3, -0.25) is 0 Å². The van der Waals surface area contributed by atoms with Crippen LogP contribution < -0.4 is 0 Å². The molecule has 0 saturated heterocycles. The van der Waals surface area contributed by atoms with Crippen LogP contribution >= 0.6 is 0 Å². The second-order valence-electron chi connectivity index (χ2n) is 6.70. The van der Waals surface area contributed by atoms with Crippen LogP contribution in [0.1, 0.15) is 50.7 Å². The third-order valence-corrected chi connectivity index (χ3v) is 4.42. The molecule has 2 rings (SSSR count). The average Bonchev–Trinajstić information content (AvgIpc) is 3.28. The fourth-order valence-electron chi connectivity index (χ4n) is 2.94. The van der Waals surface area contributed by atoms with Gasteiger partial charge in [0.2, 0.25) is 0 Å². The molecule has 0 aliphatic rings. The second kappa shape index (κ2) is 10.8. The molecule has 0 amide bonds. The Morgan fingerprint density at radius 2 is 1.72 bits per heavy atom. The van der Waals surface area contributed by atoms with Gasteiger partial charge in [0.1, 0.15) is 0 Å². The van der Waals surface area contributed by atoms with Crippen LogP contribution in [0.5, 0.6) is 0 Å². The smallest absolute Gasteiger partial charge is 0.0934 e. The van der Waals surface area contributed by atoms with E-state index in [4.69, 9.17) is 13.6 Å². The Labute approximate surface area is 151 Å². The number of methoxy groups -OCH3 is 1. The normalized spacial score (nSPS) is 14.0. The lowest BCUT2D eigenvalue weighted by Gasteiger charge is -2.13. The molecule has 3 heteroatoms. The van der Waals surface area contributed by atoms with E-state index in [1.54, 1.807) is 19.6 Å². The van der Waals surface area contributed by atoms with E-state index < -0.39 is 0 Å². The van der Waals surface area contributed by atoms with E-state index in [1.807, 2.05) is 24.7 Å². The topological polar surface area (TPSA) is 35.5 Å². The maximum atomic E-state index is 5.65. The number of hydrogen-bond acceptors (Lipinski definition) is 3. The van der Waals surface area contributed by atoms with Gasteiger partial charge in [-0.2, -0.15) is 0 Å². The van der Waals surface area contributed by atoms with Crippen LogP contribution in [-0.4, -0.2) is 13.2 Å². The summed E-state index contributed by atoms with van der Waals surface area (Å²) in [7, 11) is 1.79. The first-order chi connectivity index (χ1) is 12.2. The van der Waals surface area contributed by atoms with Gasteiger partial charge >= 0.3 is 0 Å². The van der Waals surface area contributed by atoms with Crippen molar-refractivity contribution in [3.63, 3.8) is 0 Å². The molecule has 1 atom stereocenters. The van der Waals surface area contributed by atoms with E-state index in [9.17, 15) is 0 Å². The van der Waals surface area contributed by atoms with Crippen molar-refractivity contribution in [2.45, 2.75) is 58.5 Å². The van der Waals surface area contributed by atoms with Crippen molar-refractivity contribution in [2.75, 3.05) is 7.11 Å². The highest BCUT2D eigenvalue weighted by Gasteiger charge is 2.06. The zero-order valence-electron chi connectivity index (χ0n) is 15.7. The molecular weight excluding hydrogens is 312 g/mol. The summed E-state index contributed by atoms with van der Waals surface area (Å²) < 4.78 is 15.9. The minimum atomic E-state index is 0.152. The SMILES string of the molecule is COC(/C=C(\C)CCCc1ccoc1)C/C(C)=C/CCc1ccoc1. The molecule has 25 heavy (non-hydrogen) atoms. The minimum absolute atomic E-state index is 0.152. The summed E-state index contributed by atoms with van der Waals surface area (Å²) in [6.07, 6.45) is 18.1. The third kappa shape index (κ3) is 7.61. The van der Waals surface area contributed by atoms with Crippen molar-refractivity contribution < 1.29 is 13.6 Å². The van der Waals surface area contributed by atoms with E-state index in [0.29, 0.717) is 0 Å². The van der Waals surface area contributed by atoms with Gasteiger partial charge in [-0.15, -0.1) is 0 Å². The molecule has 0 fully saturated rings. The van der Waals surface area contributed by atoms with Crippen molar-refractivity contribution >= 4 is 0 Å². The maximum absolute atomic E-state index is 5.65. The van der Waals surface area contributed by atoms with Gasteiger partial charge in [0, 0.05) is 7.11 Å². The average molecular weight is 342 g/mol. The molecule has 0 radical (unpaired) electrons. The molecule has 0 aliphatic heterocycles. The van der Waals surface area contributed by atoms with Crippen LogP contribution in [-0.2, 0) is 17.6 Å². The largest absolute Gasteiger partial charge is 0.472 e. The lowest BCUT2D eigenvalue weighted by molar-refractivity contribution is 0.140. The second-order valence-corrected chi connectivity index (χ2v) is 6.70. The van der Waals surface area contributed by atoms with Crippen LogP contribution in [0.2, 0.25) is 0 Å². The quantitative estimate of drug-likeness (QED) is 0.461. The number of aryl methyl sites for hydroxylation is 2. The zero-order chi connectivity index (χ0) is 17.9. The summed E-state index contributed by atoms with van der Waals surface area (Å²) in [5.41, 5.74) is 5.28. The Kier molecular flexibility index (Phi) is 8.33. The Morgan fingerprint density at radius 1 is 1.04 bits per heavy atom. The fourth-order valence-corrected chi connectivity index (χ4v) is 2.94. The summed E-state index contributed by atoms with van der Waals surface area (Å²) in [6, 6.07) is 4.06. The van der Waals surface area contributed by atoms with E-state index >= 15 is 0 Å².